The van der Waals surface area contributed by atoms with Crippen molar-refractivity contribution in [2.45, 2.75) is 39.2 Å². The van der Waals surface area contributed by atoms with Crippen LogP contribution >= 0.6 is 24.0 Å². The van der Waals surface area contributed by atoms with Gasteiger partial charge in [0.2, 0.25) is 0 Å². The zero-order chi connectivity index (χ0) is 21.2. The van der Waals surface area contributed by atoms with E-state index in [1.54, 1.807) is 0 Å². The quantitative estimate of drug-likeness (QED) is 0.285. The van der Waals surface area contributed by atoms with E-state index in [1.807, 2.05) is 0 Å². The third kappa shape index (κ3) is 8.86. The molecule has 176 valence electrons. The molecule has 1 aromatic rings. The van der Waals surface area contributed by atoms with Crippen LogP contribution in [0.25, 0.3) is 0 Å². The van der Waals surface area contributed by atoms with Gasteiger partial charge in [-0.05, 0) is 51.6 Å². The minimum absolute atomic E-state index is 0. The Bertz CT molecular complexity index is 649. The monoisotopic (exact) mass is 543 g/mol. The zero-order valence-corrected chi connectivity index (χ0v) is 21.9. The summed E-state index contributed by atoms with van der Waals surface area (Å²) in [5.41, 5.74) is 1.48. The number of aliphatic imine (C=N–C) groups is 1. The van der Waals surface area contributed by atoms with Gasteiger partial charge >= 0.3 is 0 Å². The van der Waals surface area contributed by atoms with Crippen molar-refractivity contribution in [2.24, 2.45) is 10.9 Å². The average molecular weight is 544 g/mol. The van der Waals surface area contributed by atoms with E-state index in [0.29, 0.717) is 5.92 Å². The molecule has 1 aromatic carbocycles. The average Bonchev–Trinajstić information content (AvgIpc) is 3.23. The Labute approximate surface area is 206 Å². The minimum Gasteiger partial charge on any atom is -0.379 e. The summed E-state index contributed by atoms with van der Waals surface area (Å²) in [6.07, 6.45) is 2.40. The lowest BCUT2D eigenvalue weighted by molar-refractivity contribution is -0.00683. The second-order valence-electron chi connectivity index (χ2n) is 9.18. The molecule has 0 aliphatic carbocycles. The van der Waals surface area contributed by atoms with Gasteiger partial charge in [-0.15, -0.1) is 24.0 Å². The second-order valence-corrected chi connectivity index (χ2v) is 9.18. The van der Waals surface area contributed by atoms with E-state index in [4.69, 9.17) is 9.73 Å². The SMILES string of the molecule is CCNC(=NCC(C)(C)N1CCOCC1)NCC1CCN(CCc2ccccc2)C1.I. The summed E-state index contributed by atoms with van der Waals surface area (Å²) in [6.45, 7) is 16.5. The molecule has 0 spiro atoms. The van der Waals surface area contributed by atoms with Gasteiger partial charge in [0.25, 0.3) is 0 Å². The molecular weight excluding hydrogens is 501 g/mol. The first-order chi connectivity index (χ1) is 14.6. The molecule has 0 amide bonds. The van der Waals surface area contributed by atoms with Gasteiger partial charge in [-0.1, -0.05) is 30.3 Å². The van der Waals surface area contributed by atoms with Crippen molar-refractivity contribution in [3.8, 4) is 0 Å². The van der Waals surface area contributed by atoms with Crippen LogP contribution in [0.4, 0.5) is 0 Å². The summed E-state index contributed by atoms with van der Waals surface area (Å²) in [5, 5.41) is 7.02. The Balaban J connectivity index is 0.00000341. The van der Waals surface area contributed by atoms with E-state index < -0.39 is 0 Å². The molecule has 2 heterocycles. The number of nitrogens with one attached hydrogen (secondary N) is 2. The Kier molecular flexibility index (Phi) is 11.6. The highest BCUT2D eigenvalue weighted by atomic mass is 127. The molecule has 3 rings (SSSR count). The first-order valence-electron chi connectivity index (χ1n) is 11.7. The fraction of sp³-hybridized carbons (Fsp3) is 0.708. The van der Waals surface area contributed by atoms with Crippen LogP contribution in [0, 0.1) is 5.92 Å². The van der Waals surface area contributed by atoms with Crippen molar-refractivity contribution in [1.29, 1.82) is 0 Å². The zero-order valence-electron chi connectivity index (χ0n) is 19.6. The third-order valence-corrected chi connectivity index (χ3v) is 6.32. The lowest BCUT2D eigenvalue weighted by Crippen LogP contribution is -2.52. The van der Waals surface area contributed by atoms with Crippen LogP contribution in [-0.2, 0) is 11.2 Å². The van der Waals surface area contributed by atoms with Crippen LogP contribution in [0.2, 0.25) is 0 Å². The highest BCUT2D eigenvalue weighted by molar-refractivity contribution is 14.0. The van der Waals surface area contributed by atoms with Crippen molar-refractivity contribution >= 4 is 29.9 Å². The number of guanidine groups is 1. The van der Waals surface area contributed by atoms with Gasteiger partial charge < -0.3 is 20.3 Å². The summed E-state index contributed by atoms with van der Waals surface area (Å²) < 4.78 is 5.50. The molecule has 0 radical (unpaired) electrons. The van der Waals surface area contributed by atoms with Crippen LogP contribution in [0.3, 0.4) is 0 Å². The molecule has 2 aliphatic heterocycles. The molecule has 2 aliphatic rings. The Morgan fingerprint density at radius 2 is 1.87 bits per heavy atom. The molecule has 1 unspecified atom stereocenters. The number of morpholine rings is 1. The van der Waals surface area contributed by atoms with Gasteiger partial charge in [0.05, 0.1) is 19.8 Å². The molecule has 0 aromatic heterocycles. The van der Waals surface area contributed by atoms with Crippen molar-refractivity contribution in [3.05, 3.63) is 35.9 Å². The highest BCUT2D eigenvalue weighted by Gasteiger charge is 2.28. The number of halogens is 1. The molecule has 2 fully saturated rings. The van der Waals surface area contributed by atoms with Gasteiger partial charge in [-0.2, -0.15) is 0 Å². The van der Waals surface area contributed by atoms with E-state index in [1.165, 1.54) is 25.1 Å². The summed E-state index contributed by atoms with van der Waals surface area (Å²) in [7, 11) is 0. The van der Waals surface area contributed by atoms with Crippen molar-refractivity contribution in [3.63, 3.8) is 0 Å². The van der Waals surface area contributed by atoms with Gasteiger partial charge in [-0.3, -0.25) is 9.89 Å². The molecule has 6 nitrogen and oxygen atoms in total. The third-order valence-electron chi connectivity index (χ3n) is 6.32. The summed E-state index contributed by atoms with van der Waals surface area (Å²) >= 11 is 0. The molecule has 0 bridgehead atoms. The van der Waals surface area contributed by atoms with E-state index in [-0.39, 0.29) is 29.5 Å². The maximum absolute atomic E-state index is 5.50. The molecule has 7 heteroatoms. The van der Waals surface area contributed by atoms with Crippen LogP contribution in [0.5, 0.6) is 0 Å². The van der Waals surface area contributed by atoms with Gasteiger partial charge in [0, 0.05) is 44.8 Å². The fourth-order valence-corrected chi connectivity index (χ4v) is 4.34. The number of hydrogen-bond acceptors (Lipinski definition) is 4. The van der Waals surface area contributed by atoms with E-state index >= 15 is 0 Å². The van der Waals surface area contributed by atoms with E-state index in [9.17, 15) is 0 Å². The number of nitrogens with zero attached hydrogens (tertiary/aromatic N) is 3. The second kappa shape index (κ2) is 13.6. The van der Waals surface area contributed by atoms with Crippen LogP contribution in [0.15, 0.2) is 35.3 Å². The summed E-state index contributed by atoms with van der Waals surface area (Å²) in [4.78, 5) is 10.0. The van der Waals surface area contributed by atoms with E-state index in [2.05, 4.69) is 71.5 Å². The van der Waals surface area contributed by atoms with Gasteiger partial charge in [0.15, 0.2) is 5.96 Å². The molecule has 31 heavy (non-hydrogen) atoms. The predicted molar refractivity (Wildman–Crippen MR) is 141 cm³/mol. The molecule has 1 atom stereocenters. The number of ether oxygens (including phenoxy) is 1. The van der Waals surface area contributed by atoms with Crippen LogP contribution in [-0.4, -0.2) is 86.9 Å². The maximum atomic E-state index is 5.50. The fourth-order valence-electron chi connectivity index (χ4n) is 4.34. The maximum Gasteiger partial charge on any atom is 0.191 e. The molecule has 0 saturated carbocycles. The minimum atomic E-state index is 0. The van der Waals surface area contributed by atoms with Crippen molar-refractivity contribution in [1.82, 2.24) is 20.4 Å². The normalized spacial score (nSPS) is 21.0. The topological polar surface area (TPSA) is 52.1 Å². The summed E-state index contributed by atoms with van der Waals surface area (Å²) in [6, 6.07) is 10.8. The Morgan fingerprint density at radius 3 is 2.58 bits per heavy atom. The van der Waals surface area contributed by atoms with E-state index in [0.717, 1.165) is 64.9 Å². The highest BCUT2D eigenvalue weighted by Crippen LogP contribution is 2.17. The smallest absolute Gasteiger partial charge is 0.191 e. The Morgan fingerprint density at radius 1 is 1.13 bits per heavy atom. The first kappa shape index (κ1) is 26.4. The van der Waals surface area contributed by atoms with Crippen LogP contribution in [0.1, 0.15) is 32.8 Å². The predicted octanol–water partition coefficient (Wildman–Crippen LogP) is 2.83. The number of rotatable bonds is 9. The largest absolute Gasteiger partial charge is 0.379 e. The summed E-state index contributed by atoms with van der Waals surface area (Å²) in [5.74, 6) is 1.64. The molecular formula is C24H42IN5O. The van der Waals surface area contributed by atoms with Gasteiger partial charge in [0.1, 0.15) is 0 Å². The van der Waals surface area contributed by atoms with Crippen molar-refractivity contribution < 1.29 is 4.74 Å². The number of hydrogen-bond donors (Lipinski definition) is 2. The van der Waals surface area contributed by atoms with Crippen LogP contribution < -0.4 is 10.6 Å². The molecule has 2 saturated heterocycles. The first-order valence-corrected chi connectivity index (χ1v) is 11.7. The lowest BCUT2D eigenvalue weighted by Gasteiger charge is -2.39. The number of benzene rings is 1. The van der Waals surface area contributed by atoms with Crippen molar-refractivity contribution in [2.75, 3.05) is 65.6 Å². The standard InChI is InChI=1S/C24H41N5O.HI/c1-4-25-23(27-20-24(2,3)29-14-16-30-17-15-29)26-18-22-11-13-28(19-22)12-10-21-8-6-5-7-9-21;/h5-9,22H,4,10-20H2,1-3H3,(H2,25,26,27);1H. The number of likely N-dealkylation sites (tertiary alicyclic amines) is 1. The molecule has 2 N–H and O–H groups in total. The Hall–Kier alpha value is -0.900. The lowest BCUT2D eigenvalue weighted by atomic mass is 10.0. The van der Waals surface area contributed by atoms with Gasteiger partial charge in [-0.25, -0.2) is 0 Å².